The van der Waals surface area contributed by atoms with E-state index >= 15 is 0 Å². The lowest BCUT2D eigenvalue weighted by Gasteiger charge is -2.20. The van der Waals surface area contributed by atoms with Crippen LogP contribution >= 0.6 is 11.6 Å². The summed E-state index contributed by atoms with van der Waals surface area (Å²) < 4.78 is 5.51. The van der Waals surface area contributed by atoms with Gasteiger partial charge in [-0.15, -0.1) is 0 Å². The van der Waals surface area contributed by atoms with Crippen molar-refractivity contribution in [3.63, 3.8) is 0 Å². The number of benzene rings is 1. The van der Waals surface area contributed by atoms with Gasteiger partial charge in [0.05, 0.1) is 6.10 Å². The molecular weight excluding hydrogens is 234 g/mol. The topological polar surface area (TPSA) is 21.3 Å². The molecule has 0 fully saturated rings. The predicted molar refractivity (Wildman–Crippen MR) is 73.6 cm³/mol. The van der Waals surface area contributed by atoms with Crippen molar-refractivity contribution in [1.82, 2.24) is 5.32 Å². The lowest BCUT2D eigenvalue weighted by molar-refractivity contribution is 0.0738. The Morgan fingerprint density at radius 1 is 1.35 bits per heavy atom. The van der Waals surface area contributed by atoms with Crippen LogP contribution in [0.5, 0.6) is 0 Å². The number of rotatable bonds is 7. The van der Waals surface area contributed by atoms with Crippen molar-refractivity contribution in [1.29, 1.82) is 0 Å². The molecule has 0 saturated heterocycles. The highest BCUT2D eigenvalue weighted by Gasteiger charge is 2.10. The summed E-state index contributed by atoms with van der Waals surface area (Å²) in [6.45, 7) is 7.89. The zero-order chi connectivity index (χ0) is 12.7. The lowest BCUT2D eigenvalue weighted by atomic mass is 10.0. The molecule has 1 aromatic rings. The van der Waals surface area contributed by atoms with E-state index < -0.39 is 0 Å². The molecule has 0 aromatic heterocycles. The van der Waals surface area contributed by atoms with Crippen LogP contribution in [0.25, 0.3) is 0 Å². The lowest BCUT2D eigenvalue weighted by Crippen LogP contribution is -2.30. The van der Waals surface area contributed by atoms with E-state index in [2.05, 4.69) is 25.2 Å². The zero-order valence-electron chi connectivity index (χ0n) is 10.9. The van der Waals surface area contributed by atoms with E-state index in [9.17, 15) is 0 Å². The van der Waals surface area contributed by atoms with Gasteiger partial charge >= 0.3 is 0 Å². The first-order chi connectivity index (χ1) is 8.17. The van der Waals surface area contributed by atoms with Crippen LogP contribution in [-0.4, -0.2) is 19.3 Å². The second kappa shape index (κ2) is 7.70. The fraction of sp³-hybridized carbons (Fsp3) is 0.571. The molecule has 0 bridgehead atoms. The van der Waals surface area contributed by atoms with Gasteiger partial charge in [-0.05, 0) is 38.0 Å². The highest BCUT2D eigenvalue weighted by molar-refractivity contribution is 6.30. The third-order valence-electron chi connectivity index (χ3n) is 2.76. The van der Waals surface area contributed by atoms with Crippen LogP contribution in [0.1, 0.15) is 38.8 Å². The highest BCUT2D eigenvalue weighted by atomic mass is 35.5. The fourth-order valence-electron chi connectivity index (χ4n) is 1.87. The van der Waals surface area contributed by atoms with E-state index in [1.54, 1.807) is 0 Å². The number of hydrogen-bond donors (Lipinski definition) is 1. The van der Waals surface area contributed by atoms with Gasteiger partial charge in [0.25, 0.3) is 0 Å². The monoisotopic (exact) mass is 255 g/mol. The standard InChI is InChI=1S/C14H22ClNO/c1-4-14(16-10-11(3)17-5-2)12-7-6-8-13(15)9-12/h6-9,11,14,16H,4-5,10H2,1-3H3. The molecule has 0 radical (unpaired) electrons. The summed E-state index contributed by atoms with van der Waals surface area (Å²) in [5.74, 6) is 0. The number of ether oxygens (including phenoxy) is 1. The van der Waals surface area contributed by atoms with Gasteiger partial charge in [-0.2, -0.15) is 0 Å². The smallest absolute Gasteiger partial charge is 0.0671 e. The summed E-state index contributed by atoms with van der Waals surface area (Å²) in [4.78, 5) is 0. The average molecular weight is 256 g/mol. The van der Waals surface area contributed by atoms with E-state index in [0.717, 1.165) is 24.6 Å². The third-order valence-corrected chi connectivity index (χ3v) is 3.00. The molecule has 3 heteroatoms. The molecule has 0 aliphatic rings. The maximum atomic E-state index is 6.01. The summed E-state index contributed by atoms with van der Waals surface area (Å²) in [5.41, 5.74) is 1.24. The van der Waals surface area contributed by atoms with Gasteiger partial charge in [-0.1, -0.05) is 30.7 Å². The molecule has 0 saturated carbocycles. The van der Waals surface area contributed by atoms with Gasteiger partial charge in [-0.3, -0.25) is 0 Å². The molecule has 0 heterocycles. The summed E-state index contributed by atoms with van der Waals surface area (Å²) in [7, 11) is 0. The van der Waals surface area contributed by atoms with Crippen molar-refractivity contribution in [3.8, 4) is 0 Å². The van der Waals surface area contributed by atoms with Crippen molar-refractivity contribution < 1.29 is 4.74 Å². The Labute approximate surface area is 109 Å². The van der Waals surface area contributed by atoms with E-state index in [-0.39, 0.29) is 6.10 Å². The van der Waals surface area contributed by atoms with Gasteiger partial charge in [0.15, 0.2) is 0 Å². The molecule has 2 unspecified atom stereocenters. The van der Waals surface area contributed by atoms with Gasteiger partial charge < -0.3 is 10.1 Å². The van der Waals surface area contributed by atoms with Gasteiger partial charge in [0, 0.05) is 24.2 Å². The van der Waals surface area contributed by atoms with Gasteiger partial charge in [-0.25, -0.2) is 0 Å². The molecule has 0 aliphatic heterocycles. The van der Waals surface area contributed by atoms with E-state index in [1.165, 1.54) is 5.56 Å². The van der Waals surface area contributed by atoms with E-state index in [1.807, 2.05) is 25.1 Å². The Hall–Kier alpha value is -0.570. The van der Waals surface area contributed by atoms with Crippen molar-refractivity contribution in [3.05, 3.63) is 34.9 Å². The SMILES string of the molecule is CCOC(C)CNC(CC)c1cccc(Cl)c1. The zero-order valence-corrected chi connectivity index (χ0v) is 11.6. The van der Waals surface area contributed by atoms with E-state index in [4.69, 9.17) is 16.3 Å². The molecule has 17 heavy (non-hydrogen) atoms. The van der Waals surface area contributed by atoms with Crippen LogP contribution in [0.2, 0.25) is 5.02 Å². The van der Waals surface area contributed by atoms with Crippen LogP contribution in [0.4, 0.5) is 0 Å². The Kier molecular flexibility index (Phi) is 6.56. The minimum absolute atomic E-state index is 0.244. The van der Waals surface area contributed by atoms with Crippen molar-refractivity contribution in [2.24, 2.45) is 0 Å². The maximum absolute atomic E-state index is 6.01. The summed E-state index contributed by atoms with van der Waals surface area (Å²) in [5, 5.41) is 4.31. The molecule has 1 rings (SSSR count). The first kappa shape index (κ1) is 14.5. The van der Waals surface area contributed by atoms with Crippen LogP contribution in [-0.2, 0) is 4.74 Å². The molecule has 2 nitrogen and oxygen atoms in total. The Bertz CT molecular complexity index is 330. The molecule has 96 valence electrons. The first-order valence-electron chi connectivity index (χ1n) is 6.27. The molecule has 0 aliphatic carbocycles. The molecule has 1 N–H and O–H groups in total. The van der Waals surface area contributed by atoms with Gasteiger partial charge in [0.2, 0.25) is 0 Å². The Balaban J connectivity index is 2.54. The molecule has 1 aromatic carbocycles. The highest BCUT2D eigenvalue weighted by Crippen LogP contribution is 2.20. The number of halogens is 1. The number of hydrogen-bond acceptors (Lipinski definition) is 2. The minimum Gasteiger partial charge on any atom is -0.377 e. The van der Waals surface area contributed by atoms with Gasteiger partial charge in [0.1, 0.15) is 0 Å². The Morgan fingerprint density at radius 3 is 2.71 bits per heavy atom. The summed E-state index contributed by atoms with van der Waals surface area (Å²) in [6, 6.07) is 8.37. The van der Waals surface area contributed by atoms with Crippen molar-refractivity contribution in [2.75, 3.05) is 13.2 Å². The average Bonchev–Trinajstić information content (AvgIpc) is 2.30. The molecule has 0 spiro atoms. The second-order valence-corrected chi connectivity index (χ2v) is 4.63. The van der Waals surface area contributed by atoms with Crippen molar-refractivity contribution >= 4 is 11.6 Å². The molecular formula is C14H22ClNO. The van der Waals surface area contributed by atoms with Crippen LogP contribution < -0.4 is 5.32 Å². The summed E-state index contributed by atoms with van der Waals surface area (Å²) >= 11 is 6.01. The maximum Gasteiger partial charge on any atom is 0.0671 e. The van der Waals surface area contributed by atoms with Crippen molar-refractivity contribution in [2.45, 2.75) is 39.3 Å². The predicted octanol–water partition coefficient (Wildman–Crippen LogP) is 3.81. The molecule has 0 amide bonds. The second-order valence-electron chi connectivity index (χ2n) is 4.19. The third kappa shape index (κ3) is 5.07. The first-order valence-corrected chi connectivity index (χ1v) is 6.65. The normalized spacial score (nSPS) is 14.6. The minimum atomic E-state index is 0.244. The van der Waals surface area contributed by atoms with E-state index in [0.29, 0.717) is 6.04 Å². The molecule has 2 atom stereocenters. The fourth-order valence-corrected chi connectivity index (χ4v) is 2.07. The summed E-state index contributed by atoms with van der Waals surface area (Å²) in [6.07, 6.45) is 1.28. The quantitative estimate of drug-likeness (QED) is 0.800. The largest absolute Gasteiger partial charge is 0.377 e. The Morgan fingerprint density at radius 2 is 2.12 bits per heavy atom. The van der Waals surface area contributed by atoms with Crippen LogP contribution in [0.15, 0.2) is 24.3 Å². The van der Waals surface area contributed by atoms with Crippen LogP contribution in [0.3, 0.4) is 0 Å². The number of nitrogens with one attached hydrogen (secondary N) is 1. The van der Waals surface area contributed by atoms with Crippen LogP contribution in [0, 0.1) is 0 Å².